The van der Waals surface area contributed by atoms with Crippen molar-refractivity contribution in [3.8, 4) is 11.5 Å². The number of nitrogens with zero attached hydrogens (tertiary/aromatic N) is 1. The Balaban J connectivity index is 1.20. The van der Waals surface area contributed by atoms with Gasteiger partial charge in [-0.2, -0.15) is 11.8 Å². The SMILES string of the molecule is O=C(CSCCc1ccccc1)NCCN1C(=O)S/C(=C\c2ccc3c(c2)OCO3)C1=O. The van der Waals surface area contributed by atoms with Crippen molar-refractivity contribution in [1.29, 1.82) is 0 Å². The van der Waals surface area contributed by atoms with E-state index >= 15 is 0 Å². The number of carbonyl (C=O) groups is 3. The number of carbonyl (C=O) groups excluding carboxylic acids is 3. The summed E-state index contributed by atoms with van der Waals surface area (Å²) < 4.78 is 10.6. The van der Waals surface area contributed by atoms with Crippen LogP contribution >= 0.6 is 23.5 Å². The number of rotatable bonds is 9. The fraction of sp³-hybridized carbons (Fsp3) is 0.261. The molecular formula is C23H22N2O5S2. The third kappa shape index (κ3) is 5.66. The van der Waals surface area contributed by atoms with E-state index in [2.05, 4.69) is 17.4 Å². The predicted octanol–water partition coefficient (Wildman–Crippen LogP) is 3.54. The maximum absolute atomic E-state index is 12.6. The molecule has 2 aliphatic rings. The summed E-state index contributed by atoms with van der Waals surface area (Å²) in [4.78, 5) is 38.4. The number of hydrogen-bond donors (Lipinski definition) is 1. The van der Waals surface area contributed by atoms with Crippen molar-refractivity contribution in [2.24, 2.45) is 0 Å². The van der Waals surface area contributed by atoms with E-state index < -0.39 is 0 Å². The van der Waals surface area contributed by atoms with Gasteiger partial charge in [-0.15, -0.1) is 0 Å². The number of thioether (sulfide) groups is 2. The molecule has 9 heteroatoms. The zero-order chi connectivity index (χ0) is 22.3. The number of fused-ring (bicyclic) bond motifs is 1. The van der Waals surface area contributed by atoms with Crippen LogP contribution in [-0.2, 0) is 16.0 Å². The second kappa shape index (κ2) is 10.6. The minimum Gasteiger partial charge on any atom is -0.454 e. The van der Waals surface area contributed by atoms with Crippen molar-refractivity contribution in [2.45, 2.75) is 6.42 Å². The van der Waals surface area contributed by atoms with E-state index in [1.807, 2.05) is 18.2 Å². The van der Waals surface area contributed by atoms with Gasteiger partial charge >= 0.3 is 0 Å². The molecule has 7 nitrogen and oxygen atoms in total. The van der Waals surface area contributed by atoms with Crippen LogP contribution in [0, 0.1) is 0 Å². The van der Waals surface area contributed by atoms with Crippen LogP contribution < -0.4 is 14.8 Å². The van der Waals surface area contributed by atoms with E-state index in [4.69, 9.17) is 9.47 Å². The standard InChI is InChI=1S/C23H22N2O5S2/c26-21(14-31-11-8-16-4-2-1-3-5-16)24-9-10-25-22(27)20(32-23(25)28)13-17-6-7-18-19(12-17)30-15-29-18/h1-7,12-13H,8-11,14-15H2,(H,24,26)/b20-13-. The molecule has 0 bridgehead atoms. The largest absolute Gasteiger partial charge is 0.454 e. The first-order chi connectivity index (χ1) is 15.6. The van der Waals surface area contributed by atoms with Crippen LogP contribution in [0.4, 0.5) is 4.79 Å². The van der Waals surface area contributed by atoms with Crippen molar-refractivity contribution < 1.29 is 23.9 Å². The first kappa shape index (κ1) is 22.3. The van der Waals surface area contributed by atoms with Crippen molar-refractivity contribution >= 4 is 46.7 Å². The molecule has 1 saturated heterocycles. The van der Waals surface area contributed by atoms with Gasteiger partial charge in [-0.3, -0.25) is 19.3 Å². The van der Waals surface area contributed by atoms with E-state index in [9.17, 15) is 14.4 Å². The fourth-order valence-electron chi connectivity index (χ4n) is 3.20. The maximum atomic E-state index is 12.6. The van der Waals surface area contributed by atoms with Crippen LogP contribution in [0.5, 0.6) is 11.5 Å². The summed E-state index contributed by atoms with van der Waals surface area (Å²) in [5.74, 6) is 2.01. The Morgan fingerprint density at radius 3 is 2.78 bits per heavy atom. The van der Waals surface area contributed by atoms with Crippen molar-refractivity contribution in [1.82, 2.24) is 10.2 Å². The summed E-state index contributed by atoms with van der Waals surface area (Å²) in [5.41, 5.74) is 1.99. The monoisotopic (exact) mass is 470 g/mol. The molecule has 0 atom stereocenters. The van der Waals surface area contributed by atoms with E-state index in [1.54, 1.807) is 36.0 Å². The molecule has 2 aromatic carbocycles. The number of ether oxygens (including phenoxy) is 2. The van der Waals surface area contributed by atoms with E-state index in [-0.39, 0.29) is 36.9 Å². The van der Waals surface area contributed by atoms with Gasteiger partial charge in [0.15, 0.2) is 11.5 Å². The fourth-order valence-corrected chi connectivity index (χ4v) is 4.88. The van der Waals surface area contributed by atoms with Crippen molar-refractivity contribution in [3.05, 3.63) is 64.6 Å². The lowest BCUT2D eigenvalue weighted by Gasteiger charge is -2.13. The molecule has 1 fully saturated rings. The minimum absolute atomic E-state index is 0.106. The van der Waals surface area contributed by atoms with Crippen LogP contribution in [0.2, 0.25) is 0 Å². The highest BCUT2D eigenvalue weighted by molar-refractivity contribution is 8.18. The molecule has 0 unspecified atom stereocenters. The van der Waals surface area contributed by atoms with Crippen LogP contribution in [0.15, 0.2) is 53.4 Å². The summed E-state index contributed by atoms with van der Waals surface area (Å²) >= 11 is 2.45. The third-order valence-corrected chi connectivity index (χ3v) is 6.70. The molecule has 2 aliphatic heterocycles. The Morgan fingerprint density at radius 1 is 1.12 bits per heavy atom. The molecule has 1 N–H and O–H groups in total. The lowest BCUT2D eigenvalue weighted by atomic mass is 10.2. The maximum Gasteiger partial charge on any atom is 0.293 e. The van der Waals surface area contributed by atoms with Gasteiger partial charge in [-0.05, 0) is 53.3 Å². The van der Waals surface area contributed by atoms with E-state index in [1.165, 1.54) is 5.56 Å². The van der Waals surface area contributed by atoms with E-state index in [0.29, 0.717) is 22.2 Å². The second-order valence-electron chi connectivity index (χ2n) is 7.08. The molecule has 0 radical (unpaired) electrons. The quantitative estimate of drug-likeness (QED) is 0.443. The average Bonchev–Trinajstić information content (AvgIpc) is 3.37. The van der Waals surface area contributed by atoms with Crippen LogP contribution in [0.3, 0.4) is 0 Å². The van der Waals surface area contributed by atoms with Gasteiger partial charge in [0.05, 0.1) is 10.7 Å². The Labute approximate surface area is 194 Å². The number of benzene rings is 2. The number of nitrogens with one attached hydrogen (secondary N) is 1. The average molecular weight is 471 g/mol. The van der Waals surface area contributed by atoms with Crippen LogP contribution in [-0.4, -0.2) is 53.3 Å². The molecule has 2 heterocycles. The van der Waals surface area contributed by atoms with Gasteiger partial charge in [-0.25, -0.2) is 0 Å². The second-order valence-corrected chi connectivity index (χ2v) is 9.18. The lowest BCUT2D eigenvalue weighted by Crippen LogP contribution is -2.37. The number of imide groups is 1. The van der Waals surface area contributed by atoms with Gasteiger partial charge in [0, 0.05) is 13.1 Å². The molecule has 0 aliphatic carbocycles. The first-order valence-corrected chi connectivity index (χ1v) is 12.1. The van der Waals surface area contributed by atoms with E-state index in [0.717, 1.165) is 34.4 Å². The van der Waals surface area contributed by atoms with Gasteiger partial charge in [-0.1, -0.05) is 36.4 Å². The predicted molar refractivity (Wildman–Crippen MR) is 126 cm³/mol. The van der Waals surface area contributed by atoms with Gasteiger partial charge in [0.25, 0.3) is 11.1 Å². The zero-order valence-corrected chi connectivity index (χ0v) is 18.9. The Morgan fingerprint density at radius 2 is 1.94 bits per heavy atom. The molecule has 166 valence electrons. The highest BCUT2D eigenvalue weighted by Gasteiger charge is 2.34. The lowest BCUT2D eigenvalue weighted by molar-refractivity contribution is -0.123. The van der Waals surface area contributed by atoms with Gasteiger partial charge < -0.3 is 14.8 Å². The summed E-state index contributed by atoms with van der Waals surface area (Å²) in [6, 6.07) is 15.5. The summed E-state index contributed by atoms with van der Waals surface area (Å²) in [6.45, 7) is 0.545. The molecule has 0 spiro atoms. The van der Waals surface area contributed by atoms with Crippen molar-refractivity contribution in [2.75, 3.05) is 31.4 Å². The summed E-state index contributed by atoms with van der Waals surface area (Å²) in [6.07, 6.45) is 2.57. The molecular weight excluding hydrogens is 448 g/mol. The first-order valence-electron chi connectivity index (χ1n) is 10.1. The Bertz CT molecular complexity index is 1040. The van der Waals surface area contributed by atoms with Gasteiger partial charge in [0.2, 0.25) is 12.7 Å². The zero-order valence-electron chi connectivity index (χ0n) is 17.2. The number of amides is 3. The summed E-state index contributed by atoms with van der Waals surface area (Å²) in [7, 11) is 0. The molecule has 0 saturated carbocycles. The molecule has 32 heavy (non-hydrogen) atoms. The molecule has 3 amide bonds. The normalized spacial score (nSPS) is 16.1. The number of aryl methyl sites for hydroxylation is 1. The third-order valence-electron chi connectivity index (χ3n) is 4.84. The van der Waals surface area contributed by atoms with Crippen LogP contribution in [0.25, 0.3) is 6.08 Å². The Hall–Kier alpha value is -2.91. The van der Waals surface area contributed by atoms with Gasteiger partial charge in [0.1, 0.15) is 0 Å². The number of hydrogen-bond acceptors (Lipinski definition) is 7. The van der Waals surface area contributed by atoms with Crippen molar-refractivity contribution in [3.63, 3.8) is 0 Å². The highest BCUT2D eigenvalue weighted by Crippen LogP contribution is 2.36. The summed E-state index contributed by atoms with van der Waals surface area (Å²) in [5, 5.41) is 2.44. The molecule has 2 aromatic rings. The topological polar surface area (TPSA) is 84.9 Å². The smallest absolute Gasteiger partial charge is 0.293 e. The Kier molecular flexibility index (Phi) is 7.39. The molecule has 0 aromatic heterocycles. The minimum atomic E-state index is -0.357. The molecule has 4 rings (SSSR count). The highest BCUT2D eigenvalue weighted by atomic mass is 32.2. The van der Waals surface area contributed by atoms with Crippen LogP contribution in [0.1, 0.15) is 11.1 Å².